The zero-order valence-corrected chi connectivity index (χ0v) is 16.4. The average molecular weight is 386 g/mol. The highest BCUT2D eigenvalue weighted by atomic mass is 35.5. The number of ether oxygens (including phenoxy) is 1. The van der Waals surface area contributed by atoms with Crippen LogP contribution in [0.1, 0.15) is 22.3 Å². The van der Waals surface area contributed by atoms with Gasteiger partial charge in [-0.25, -0.2) is 0 Å². The third-order valence-corrected chi connectivity index (χ3v) is 5.04. The smallest absolute Gasteiger partial charge is 0.124 e. The van der Waals surface area contributed by atoms with Crippen molar-refractivity contribution in [1.82, 2.24) is 0 Å². The molecule has 0 radical (unpaired) electrons. The molecule has 0 heterocycles. The molecule has 0 saturated heterocycles. The molecule has 26 heavy (non-hydrogen) atoms. The molecule has 4 heteroatoms. The number of halogens is 2. The van der Waals surface area contributed by atoms with E-state index >= 15 is 0 Å². The number of aryl methyl sites for hydroxylation is 1. The van der Waals surface area contributed by atoms with Crippen molar-refractivity contribution in [3.8, 4) is 5.75 Å². The van der Waals surface area contributed by atoms with Crippen LogP contribution in [0.25, 0.3) is 0 Å². The van der Waals surface area contributed by atoms with Crippen LogP contribution in [0.2, 0.25) is 10.0 Å². The predicted octanol–water partition coefficient (Wildman–Crippen LogP) is 6.80. The first kappa shape index (κ1) is 18.6. The van der Waals surface area contributed by atoms with Crippen molar-refractivity contribution in [2.45, 2.75) is 27.0 Å². The monoisotopic (exact) mass is 385 g/mol. The van der Waals surface area contributed by atoms with Crippen LogP contribution in [-0.4, -0.2) is 0 Å². The van der Waals surface area contributed by atoms with E-state index in [0.29, 0.717) is 23.2 Å². The highest BCUT2D eigenvalue weighted by molar-refractivity contribution is 6.31. The minimum absolute atomic E-state index is 0.414. The van der Waals surface area contributed by atoms with Crippen molar-refractivity contribution >= 4 is 28.9 Å². The van der Waals surface area contributed by atoms with Gasteiger partial charge in [0, 0.05) is 33.4 Å². The van der Waals surface area contributed by atoms with Crippen molar-refractivity contribution in [2.24, 2.45) is 0 Å². The zero-order valence-electron chi connectivity index (χ0n) is 14.9. The molecule has 0 aromatic heterocycles. The summed E-state index contributed by atoms with van der Waals surface area (Å²) in [6.07, 6.45) is 0. The number of rotatable bonds is 6. The van der Waals surface area contributed by atoms with Crippen LogP contribution in [0.3, 0.4) is 0 Å². The van der Waals surface area contributed by atoms with Crippen LogP contribution in [0.15, 0.2) is 60.7 Å². The van der Waals surface area contributed by atoms with Crippen LogP contribution < -0.4 is 10.1 Å². The first-order valence-electron chi connectivity index (χ1n) is 8.49. The molecule has 0 bridgehead atoms. The van der Waals surface area contributed by atoms with E-state index in [1.165, 1.54) is 11.1 Å². The van der Waals surface area contributed by atoms with Gasteiger partial charge in [-0.15, -0.1) is 0 Å². The third-order valence-electron chi connectivity index (χ3n) is 4.44. The fourth-order valence-corrected chi connectivity index (χ4v) is 3.12. The molecule has 2 nitrogen and oxygen atoms in total. The van der Waals surface area contributed by atoms with Gasteiger partial charge in [-0.3, -0.25) is 0 Å². The van der Waals surface area contributed by atoms with Gasteiger partial charge in [0.2, 0.25) is 0 Å². The summed E-state index contributed by atoms with van der Waals surface area (Å²) in [5, 5.41) is 4.88. The lowest BCUT2D eigenvalue weighted by Crippen LogP contribution is -2.05. The number of hydrogen-bond donors (Lipinski definition) is 1. The Morgan fingerprint density at radius 1 is 0.885 bits per heavy atom. The van der Waals surface area contributed by atoms with Crippen LogP contribution in [0.4, 0.5) is 5.69 Å². The Hall–Kier alpha value is -2.16. The molecule has 0 spiro atoms. The van der Waals surface area contributed by atoms with E-state index in [0.717, 1.165) is 22.6 Å². The summed E-state index contributed by atoms with van der Waals surface area (Å²) in [4.78, 5) is 0. The highest BCUT2D eigenvalue weighted by Crippen LogP contribution is 2.27. The Labute approximate surface area is 164 Å². The molecule has 1 N–H and O–H groups in total. The molecule has 0 fully saturated rings. The van der Waals surface area contributed by atoms with Gasteiger partial charge in [0.15, 0.2) is 0 Å². The van der Waals surface area contributed by atoms with Gasteiger partial charge in [0.25, 0.3) is 0 Å². The van der Waals surface area contributed by atoms with E-state index in [1.54, 1.807) is 0 Å². The molecule has 0 aliphatic heterocycles. The topological polar surface area (TPSA) is 21.3 Å². The maximum atomic E-state index is 6.22. The van der Waals surface area contributed by atoms with Crippen molar-refractivity contribution in [2.75, 3.05) is 5.32 Å². The number of benzene rings is 3. The maximum Gasteiger partial charge on any atom is 0.124 e. The summed E-state index contributed by atoms with van der Waals surface area (Å²) >= 11 is 12.4. The lowest BCUT2D eigenvalue weighted by atomic mass is 10.1. The van der Waals surface area contributed by atoms with E-state index in [1.807, 2.05) is 42.5 Å². The summed E-state index contributed by atoms with van der Waals surface area (Å²) in [6.45, 7) is 5.27. The summed E-state index contributed by atoms with van der Waals surface area (Å²) in [5.74, 6) is 0.798. The lowest BCUT2D eigenvalue weighted by Gasteiger charge is -2.15. The molecule has 0 atom stereocenters. The number of hydrogen-bond acceptors (Lipinski definition) is 2. The van der Waals surface area contributed by atoms with Crippen LogP contribution >= 0.6 is 23.2 Å². The van der Waals surface area contributed by atoms with Crippen molar-refractivity contribution in [1.29, 1.82) is 0 Å². The Kier molecular flexibility index (Phi) is 6.08. The first-order valence-corrected chi connectivity index (χ1v) is 9.25. The summed E-state index contributed by atoms with van der Waals surface area (Å²) in [7, 11) is 0. The van der Waals surface area contributed by atoms with Gasteiger partial charge in [-0.1, -0.05) is 53.5 Å². The van der Waals surface area contributed by atoms with Gasteiger partial charge in [0.05, 0.1) is 0 Å². The van der Waals surface area contributed by atoms with Crippen molar-refractivity contribution in [3.05, 3.63) is 93.0 Å². The van der Waals surface area contributed by atoms with Crippen molar-refractivity contribution < 1.29 is 4.74 Å². The molecule has 0 aliphatic carbocycles. The number of nitrogens with one attached hydrogen (secondary N) is 1. The van der Waals surface area contributed by atoms with Gasteiger partial charge in [0.1, 0.15) is 12.4 Å². The van der Waals surface area contributed by atoms with Crippen LogP contribution in [-0.2, 0) is 13.2 Å². The Morgan fingerprint density at radius 2 is 1.69 bits per heavy atom. The second-order valence-corrected chi connectivity index (χ2v) is 7.08. The molecular formula is C22H21Cl2NO. The largest absolute Gasteiger partial charge is 0.488 e. The summed E-state index contributed by atoms with van der Waals surface area (Å²) in [5.41, 5.74) is 5.58. The Morgan fingerprint density at radius 3 is 2.50 bits per heavy atom. The van der Waals surface area contributed by atoms with E-state index < -0.39 is 0 Å². The summed E-state index contributed by atoms with van der Waals surface area (Å²) in [6, 6.07) is 19.6. The van der Waals surface area contributed by atoms with E-state index in [9.17, 15) is 0 Å². The predicted molar refractivity (Wildman–Crippen MR) is 110 cm³/mol. The normalized spacial score (nSPS) is 10.6. The van der Waals surface area contributed by atoms with E-state index in [2.05, 4.69) is 37.4 Å². The SMILES string of the molecule is Cc1cccc(NCc2cc(Cl)ccc2OCc2ccccc2Cl)c1C. The molecule has 3 rings (SSSR count). The third kappa shape index (κ3) is 4.51. The molecular weight excluding hydrogens is 365 g/mol. The van der Waals surface area contributed by atoms with Gasteiger partial charge in [-0.05, 0) is 55.3 Å². The minimum atomic E-state index is 0.414. The minimum Gasteiger partial charge on any atom is -0.488 e. The molecule has 3 aromatic carbocycles. The lowest BCUT2D eigenvalue weighted by molar-refractivity contribution is 0.303. The molecule has 0 saturated carbocycles. The molecule has 0 unspecified atom stereocenters. The molecule has 3 aromatic rings. The summed E-state index contributed by atoms with van der Waals surface area (Å²) < 4.78 is 6.02. The fourth-order valence-electron chi connectivity index (χ4n) is 2.73. The fraction of sp³-hybridized carbons (Fsp3) is 0.182. The Balaban J connectivity index is 1.75. The molecule has 0 aliphatic rings. The maximum absolute atomic E-state index is 6.22. The Bertz CT molecular complexity index is 908. The first-order chi connectivity index (χ1) is 12.5. The second kappa shape index (κ2) is 8.48. The highest BCUT2D eigenvalue weighted by Gasteiger charge is 2.08. The van der Waals surface area contributed by atoms with Gasteiger partial charge >= 0.3 is 0 Å². The second-order valence-electron chi connectivity index (χ2n) is 6.23. The van der Waals surface area contributed by atoms with Crippen LogP contribution in [0.5, 0.6) is 5.75 Å². The van der Waals surface area contributed by atoms with E-state index in [-0.39, 0.29) is 0 Å². The average Bonchev–Trinajstić information content (AvgIpc) is 2.63. The van der Waals surface area contributed by atoms with Crippen molar-refractivity contribution in [3.63, 3.8) is 0 Å². The molecule has 0 amide bonds. The van der Waals surface area contributed by atoms with Gasteiger partial charge in [-0.2, -0.15) is 0 Å². The quantitative estimate of drug-likeness (QED) is 0.503. The molecule has 134 valence electrons. The standard InChI is InChI=1S/C22H21Cl2NO/c1-15-6-5-9-21(16(15)2)25-13-18-12-19(23)10-11-22(18)26-14-17-7-3-4-8-20(17)24/h3-12,25H,13-14H2,1-2H3. The van der Waals surface area contributed by atoms with Gasteiger partial charge < -0.3 is 10.1 Å². The zero-order chi connectivity index (χ0) is 18.5. The van der Waals surface area contributed by atoms with E-state index in [4.69, 9.17) is 27.9 Å². The number of anilines is 1. The van der Waals surface area contributed by atoms with Crippen LogP contribution in [0, 0.1) is 13.8 Å².